The van der Waals surface area contributed by atoms with Crippen molar-refractivity contribution in [2.24, 2.45) is 5.92 Å². The first kappa shape index (κ1) is 11.8. The zero-order valence-electron chi connectivity index (χ0n) is 8.59. The zero-order chi connectivity index (χ0) is 10.4. The minimum absolute atomic E-state index is 0.0544. The van der Waals surface area contributed by atoms with Gasteiger partial charge in [-0.1, -0.05) is 6.92 Å². The molecule has 1 N–H and O–H groups in total. The number of carbonyl (C=O) groups excluding carboxylic acids is 1. The van der Waals surface area contributed by atoms with E-state index in [0.717, 1.165) is 19.3 Å². The highest BCUT2D eigenvalue weighted by molar-refractivity contribution is 6.20. The van der Waals surface area contributed by atoms with Gasteiger partial charge in [0.05, 0.1) is 5.38 Å². The minimum atomic E-state index is 0.0544. The Labute approximate surface area is 90.1 Å². The van der Waals surface area contributed by atoms with Crippen molar-refractivity contribution in [3.8, 4) is 0 Å². The van der Waals surface area contributed by atoms with Crippen LogP contribution in [0, 0.1) is 5.92 Å². The molecule has 14 heavy (non-hydrogen) atoms. The van der Waals surface area contributed by atoms with Gasteiger partial charge in [0, 0.05) is 25.7 Å². The van der Waals surface area contributed by atoms with Crippen molar-refractivity contribution in [2.45, 2.75) is 31.6 Å². The summed E-state index contributed by atoms with van der Waals surface area (Å²) in [6.07, 6.45) is 2.56. The van der Waals surface area contributed by atoms with Crippen LogP contribution in [0.5, 0.6) is 0 Å². The maximum absolute atomic E-state index is 11.6. The molecule has 1 amide bonds. The average molecular weight is 220 g/mol. The molecule has 0 spiro atoms. The molecule has 1 rings (SSSR count). The molecule has 1 atom stereocenters. The Bertz CT molecular complexity index is 181. The summed E-state index contributed by atoms with van der Waals surface area (Å²) in [6, 6.07) is 0. The third-order valence-corrected chi connectivity index (χ3v) is 3.00. The fraction of sp³-hybridized carbons (Fsp3) is 0.900. The fourth-order valence-electron chi connectivity index (χ4n) is 1.46. The summed E-state index contributed by atoms with van der Waals surface area (Å²) in [5.74, 6) is 0.261. The maximum Gasteiger partial charge on any atom is 0.223 e. The Morgan fingerprint density at radius 2 is 2.21 bits per heavy atom. The number of rotatable bonds is 4. The quantitative estimate of drug-likeness (QED) is 0.729. The lowest BCUT2D eigenvalue weighted by molar-refractivity contribution is -0.127. The number of carbonyl (C=O) groups is 1. The molecule has 4 heteroatoms. The Kier molecular flexibility index (Phi) is 5.26. The van der Waals surface area contributed by atoms with Crippen LogP contribution in [-0.4, -0.2) is 31.0 Å². The third-order valence-electron chi connectivity index (χ3n) is 2.53. The van der Waals surface area contributed by atoms with Crippen LogP contribution < -0.4 is 5.32 Å². The highest BCUT2D eigenvalue weighted by Crippen LogP contribution is 2.14. The Morgan fingerprint density at radius 3 is 2.79 bits per heavy atom. The Balaban J connectivity index is 2.19. The van der Waals surface area contributed by atoms with Crippen LogP contribution in [0.3, 0.4) is 0 Å². The molecule has 82 valence electrons. The molecule has 1 unspecified atom stereocenters. The minimum Gasteiger partial charge on any atom is -0.381 e. The van der Waals surface area contributed by atoms with E-state index < -0.39 is 0 Å². The molecular weight excluding hydrogens is 202 g/mol. The molecule has 0 radical (unpaired) electrons. The number of hydrogen-bond donors (Lipinski definition) is 1. The van der Waals surface area contributed by atoms with E-state index in [1.54, 1.807) is 0 Å². The van der Waals surface area contributed by atoms with Crippen LogP contribution in [-0.2, 0) is 9.53 Å². The van der Waals surface area contributed by atoms with Gasteiger partial charge >= 0.3 is 0 Å². The summed E-state index contributed by atoms with van der Waals surface area (Å²) < 4.78 is 5.19. The Hall–Kier alpha value is -0.280. The van der Waals surface area contributed by atoms with Gasteiger partial charge in [-0.15, -0.1) is 11.6 Å². The van der Waals surface area contributed by atoms with Crippen LogP contribution >= 0.6 is 11.6 Å². The topological polar surface area (TPSA) is 38.3 Å². The van der Waals surface area contributed by atoms with Crippen LogP contribution in [0.15, 0.2) is 0 Å². The van der Waals surface area contributed by atoms with E-state index in [4.69, 9.17) is 16.3 Å². The van der Waals surface area contributed by atoms with Gasteiger partial charge in [0.1, 0.15) is 0 Å². The second-order valence-corrected chi connectivity index (χ2v) is 4.25. The molecular formula is C10H18ClNO2. The van der Waals surface area contributed by atoms with E-state index in [0.29, 0.717) is 19.8 Å². The van der Waals surface area contributed by atoms with Crippen LogP contribution in [0.1, 0.15) is 26.2 Å². The molecule has 0 bridgehead atoms. The SMILES string of the molecule is CCC(Cl)CNC(=O)C1CCOCC1. The average Bonchev–Trinajstić information content (AvgIpc) is 2.26. The van der Waals surface area contributed by atoms with Gasteiger partial charge in [0.2, 0.25) is 5.91 Å². The summed E-state index contributed by atoms with van der Waals surface area (Å²) in [7, 11) is 0. The van der Waals surface area contributed by atoms with Gasteiger partial charge in [-0.05, 0) is 19.3 Å². The molecule has 1 aliphatic heterocycles. The number of ether oxygens (including phenoxy) is 1. The van der Waals surface area contributed by atoms with Crippen molar-refractivity contribution in [3.05, 3.63) is 0 Å². The van der Waals surface area contributed by atoms with Crippen LogP contribution in [0.25, 0.3) is 0 Å². The lowest BCUT2D eigenvalue weighted by Crippen LogP contribution is -2.37. The van der Waals surface area contributed by atoms with Gasteiger partial charge in [-0.2, -0.15) is 0 Å². The fourth-order valence-corrected chi connectivity index (χ4v) is 1.54. The van der Waals surface area contributed by atoms with Crippen molar-refractivity contribution in [2.75, 3.05) is 19.8 Å². The largest absolute Gasteiger partial charge is 0.381 e. The molecule has 3 nitrogen and oxygen atoms in total. The smallest absolute Gasteiger partial charge is 0.223 e. The van der Waals surface area contributed by atoms with E-state index in [-0.39, 0.29) is 17.2 Å². The number of hydrogen-bond acceptors (Lipinski definition) is 2. The van der Waals surface area contributed by atoms with Gasteiger partial charge in [0.15, 0.2) is 0 Å². The summed E-state index contributed by atoms with van der Waals surface area (Å²) >= 11 is 5.91. The summed E-state index contributed by atoms with van der Waals surface area (Å²) in [5.41, 5.74) is 0. The second-order valence-electron chi connectivity index (χ2n) is 3.64. The third kappa shape index (κ3) is 3.84. The van der Waals surface area contributed by atoms with Crippen LogP contribution in [0.2, 0.25) is 0 Å². The molecule has 0 saturated carbocycles. The number of amides is 1. The van der Waals surface area contributed by atoms with E-state index in [1.165, 1.54) is 0 Å². The number of nitrogens with one attached hydrogen (secondary N) is 1. The van der Waals surface area contributed by atoms with Gasteiger partial charge in [-0.3, -0.25) is 4.79 Å². The van der Waals surface area contributed by atoms with Gasteiger partial charge < -0.3 is 10.1 Å². The standard InChI is InChI=1S/C10H18ClNO2/c1-2-9(11)7-12-10(13)8-3-5-14-6-4-8/h8-9H,2-7H2,1H3,(H,12,13). The van der Waals surface area contributed by atoms with Crippen molar-refractivity contribution >= 4 is 17.5 Å². The van der Waals surface area contributed by atoms with E-state index in [9.17, 15) is 4.79 Å². The first-order valence-corrected chi connectivity index (χ1v) is 5.67. The first-order chi connectivity index (χ1) is 6.74. The monoisotopic (exact) mass is 219 g/mol. The summed E-state index contributed by atoms with van der Waals surface area (Å²) in [4.78, 5) is 11.6. The molecule has 1 saturated heterocycles. The molecule has 1 heterocycles. The first-order valence-electron chi connectivity index (χ1n) is 5.23. The molecule has 0 aromatic heterocycles. The van der Waals surface area contributed by atoms with Crippen molar-refractivity contribution in [1.29, 1.82) is 0 Å². The zero-order valence-corrected chi connectivity index (χ0v) is 9.35. The Morgan fingerprint density at radius 1 is 1.57 bits per heavy atom. The molecule has 0 aromatic rings. The van der Waals surface area contributed by atoms with E-state index >= 15 is 0 Å². The van der Waals surface area contributed by atoms with Crippen molar-refractivity contribution in [1.82, 2.24) is 5.32 Å². The van der Waals surface area contributed by atoms with Gasteiger partial charge in [0.25, 0.3) is 0 Å². The van der Waals surface area contributed by atoms with Gasteiger partial charge in [-0.25, -0.2) is 0 Å². The molecule has 0 aliphatic carbocycles. The van der Waals surface area contributed by atoms with E-state index in [2.05, 4.69) is 5.32 Å². The molecule has 1 fully saturated rings. The summed E-state index contributed by atoms with van der Waals surface area (Å²) in [6.45, 7) is 4.00. The van der Waals surface area contributed by atoms with Crippen molar-refractivity contribution < 1.29 is 9.53 Å². The lowest BCUT2D eigenvalue weighted by atomic mass is 9.99. The predicted octanol–water partition coefficient (Wildman–Crippen LogP) is 1.55. The predicted molar refractivity (Wildman–Crippen MR) is 56.5 cm³/mol. The molecule has 0 aromatic carbocycles. The van der Waals surface area contributed by atoms with Crippen molar-refractivity contribution in [3.63, 3.8) is 0 Å². The lowest BCUT2D eigenvalue weighted by Gasteiger charge is -2.21. The normalized spacial score (nSPS) is 20.4. The van der Waals surface area contributed by atoms with Crippen LogP contribution in [0.4, 0.5) is 0 Å². The second kappa shape index (κ2) is 6.25. The number of halogens is 1. The maximum atomic E-state index is 11.6. The highest BCUT2D eigenvalue weighted by atomic mass is 35.5. The summed E-state index contributed by atoms with van der Waals surface area (Å²) in [5, 5.41) is 2.93. The highest BCUT2D eigenvalue weighted by Gasteiger charge is 2.21. The van der Waals surface area contributed by atoms with E-state index in [1.807, 2.05) is 6.92 Å². The molecule has 1 aliphatic rings. The number of alkyl halides is 1.